The molecular formula is C11H7F4N3O2. The van der Waals surface area contributed by atoms with Crippen LogP contribution in [0.1, 0.15) is 16.1 Å². The van der Waals surface area contributed by atoms with Crippen LogP contribution in [0.15, 0.2) is 12.1 Å². The van der Waals surface area contributed by atoms with Crippen molar-refractivity contribution in [3.63, 3.8) is 0 Å². The van der Waals surface area contributed by atoms with E-state index in [4.69, 9.17) is 5.11 Å². The van der Waals surface area contributed by atoms with E-state index in [1.54, 1.807) is 0 Å². The van der Waals surface area contributed by atoms with E-state index >= 15 is 0 Å². The molecule has 9 heteroatoms. The summed E-state index contributed by atoms with van der Waals surface area (Å²) in [6.45, 7) is 0. The van der Waals surface area contributed by atoms with E-state index in [-0.39, 0.29) is 11.2 Å². The van der Waals surface area contributed by atoms with E-state index in [1.807, 2.05) is 0 Å². The molecule has 2 aromatic rings. The molecule has 0 saturated heterocycles. The number of fused-ring (bicyclic) bond motifs is 1. The van der Waals surface area contributed by atoms with Gasteiger partial charge >= 0.3 is 12.1 Å². The topological polar surface area (TPSA) is 75.1 Å². The first kappa shape index (κ1) is 14.0. The standard InChI is InChI=1S/C11H7F4N3O2/c1-16-9-6(12)3-4-2-5(10(19)20)7(11(13,14)15)17-8(4)18-9/h2-3H,1H3,(H,19,20)(H,16,17,18). The smallest absolute Gasteiger partial charge is 0.434 e. The molecule has 2 rings (SSSR count). The second-order valence-electron chi connectivity index (χ2n) is 3.80. The summed E-state index contributed by atoms with van der Waals surface area (Å²) >= 11 is 0. The fraction of sp³-hybridized carbons (Fsp3) is 0.182. The van der Waals surface area contributed by atoms with Gasteiger partial charge in [0, 0.05) is 12.4 Å². The minimum absolute atomic E-state index is 0.132. The summed E-state index contributed by atoms with van der Waals surface area (Å²) in [4.78, 5) is 17.6. The van der Waals surface area contributed by atoms with Gasteiger partial charge in [0.05, 0.1) is 5.56 Å². The third-order valence-electron chi connectivity index (χ3n) is 2.49. The Morgan fingerprint density at radius 2 is 1.95 bits per heavy atom. The van der Waals surface area contributed by atoms with Crippen LogP contribution in [0, 0.1) is 5.82 Å². The molecule has 0 aliphatic rings. The van der Waals surface area contributed by atoms with Crippen molar-refractivity contribution in [2.75, 3.05) is 12.4 Å². The van der Waals surface area contributed by atoms with Crippen molar-refractivity contribution in [3.05, 3.63) is 29.2 Å². The molecule has 0 bridgehead atoms. The first-order valence-electron chi connectivity index (χ1n) is 5.23. The lowest BCUT2D eigenvalue weighted by atomic mass is 10.1. The van der Waals surface area contributed by atoms with Gasteiger partial charge in [-0.15, -0.1) is 0 Å². The van der Waals surface area contributed by atoms with Gasteiger partial charge in [0.1, 0.15) is 0 Å². The molecule has 0 aromatic carbocycles. The summed E-state index contributed by atoms with van der Waals surface area (Å²) in [6.07, 6.45) is -4.95. The fourth-order valence-corrected chi connectivity index (χ4v) is 1.63. The van der Waals surface area contributed by atoms with Crippen LogP contribution >= 0.6 is 0 Å². The number of nitrogens with zero attached hydrogens (tertiary/aromatic N) is 2. The lowest BCUT2D eigenvalue weighted by Gasteiger charge is -2.11. The Hall–Kier alpha value is -2.45. The quantitative estimate of drug-likeness (QED) is 0.831. The number of anilines is 1. The Labute approximate surface area is 109 Å². The normalized spacial score (nSPS) is 11.7. The molecule has 0 spiro atoms. The molecule has 2 aromatic heterocycles. The van der Waals surface area contributed by atoms with Gasteiger partial charge in [0.2, 0.25) is 0 Å². The Morgan fingerprint density at radius 1 is 1.30 bits per heavy atom. The summed E-state index contributed by atoms with van der Waals surface area (Å²) in [5.74, 6) is -2.90. The van der Waals surface area contributed by atoms with E-state index in [0.29, 0.717) is 6.07 Å². The molecule has 0 radical (unpaired) electrons. The minimum Gasteiger partial charge on any atom is -0.478 e. The molecule has 0 atom stereocenters. The molecule has 20 heavy (non-hydrogen) atoms. The Balaban J connectivity index is 2.82. The van der Waals surface area contributed by atoms with Crippen molar-refractivity contribution in [3.8, 4) is 0 Å². The summed E-state index contributed by atoms with van der Waals surface area (Å²) in [5.41, 5.74) is -3.02. The highest BCUT2D eigenvalue weighted by Crippen LogP contribution is 2.32. The van der Waals surface area contributed by atoms with Gasteiger partial charge in [0.25, 0.3) is 0 Å². The van der Waals surface area contributed by atoms with Gasteiger partial charge in [0.15, 0.2) is 23.0 Å². The second-order valence-corrected chi connectivity index (χ2v) is 3.80. The monoisotopic (exact) mass is 289 g/mol. The van der Waals surface area contributed by atoms with Crippen molar-refractivity contribution in [1.82, 2.24) is 9.97 Å². The molecule has 2 N–H and O–H groups in total. The van der Waals surface area contributed by atoms with Crippen LogP contribution in [0.5, 0.6) is 0 Å². The molecule has 0 fully saturated rings. The number of carbonyl (C=O) groups is 1. The van der Waals surface area contributed by atoms with E-state index < -0.39 is 34.9 Å². The van der Waals surface area contributed by atoms with Crippen molar-refractivity contribution in [1.29, 1.82) is 0 Å². The Bertz CT molecular complexity index is 700. The lowest BCUT2D eigenvalue weighted by Crippen LogP contribution is -2.16. The molecule has 0 amide bonds. The van der Waals surface area contributed by atoms with Crippen LogP contribution in [-0.4, -0.2) is 28.1 Å². The minimum atomic E-state index is -4.95. The maximum atomic E-state index is 13.5. The van der Waals surface area contributed by atoms with Crippen LogP contribution in [-0.2, 0) is 6.18 Å². The number of aromatic carboxylic acids is 1. The SMILES string of the molecule is CNc1nc2nc(C(F)(F)F)c(C(=O)O)cc2cc1F. The van der Waals surface area contributed by atoms with Crippen LogP contribution in [0.3, 0.4) is 0 Å². The molecule has 5 nitrogen and oxygen atoms in total. The van der Waals surface area contributed by atoms with Crippen molar-refractivity contribution in [2.24, 2.45) is 0 Å². The van der Waals surface area contributed by atoms with E-state index in [0.717, 1.165) is 6.07 Å². The zero-order valence-corrected chi connectivity index (χ0v) is 9.92. The van der Waals surface area contributed by atoms with Crippen molar-refractivity contribution in [2.45, 2.75) is 6.18 Å². The van der Waals surface area contributed by atoms with Gasteiger partial charge in [-0.2, -0.15) is 13.2 Å². The zero-order valence-electron chi connectivity index (χ0n) is 9.92. The molecular weight excluding hydrogens is 282 g/mol. The Morgan fingerprint density at radius 3 is 2.45 bits per heavy atom. The maximum Gasteiger partial charge on any atom is 0.434 e. The van der Waals surface area contributed by atoms with Crippen LogP contribution in [0.25, 0.3) is 11.0 Å². The average Bonchev–Trinajstić information content (AvgIpc) is 2.35. The zero-order chi connectivity index (χ0) is 15.1. The number of hydrogen-bond donors (Lipinski definition) is 2. The Kier molecular flexibility index (Phi) is 3.20. The van der Waals surface area contributed by atoms with Gasteiger partial charge < -0.3 is 10.4 Å². The summed E-state index contributed by atoms with van der Waals surface area (Å²) in [5, 5.41) is 11.0. The van der Waals surface area contributed by atoms with Crippen molar-refractivity contribution >= 4 is 22.8 Å². The number of pyridine rings is 2. The van der Waals surface area contributed by atoms with Crippen molar-refractivity contribution < 1.29 is 27.5 Å². The highest BCUT2D eigenvalue weighted by molar-refractivity contribution is 5.93. The number of nitrogens with one attached hydrogen (secondary N) is 1. The third-order valence-corrected chi connectivity index (χ3v) is 2.49. The number of halogens is 4. The molecule has 2 heterocycles. The fourth-order valence-electron chi connectivity index (χ4n) is 1.63. The highest BCUT2D eigenvalue weighted by Gasteiger charge is 2.38. The predicted octanol–water partition coefficient (Wildman–Crippen LogP) is 2.53. The van der Waals surface area contributed by atoms with Gasteiger partial charge in [-0.3, -0.25) is 0 Å². The highest BCUT2D eigenvalue weighted by atomic mass is 19.4. The summed E-state index contributed by atoms with van der Waals surface area (Å²) in [6, 6.07) is 1.57. The average molecular weight is 289 g/mol. The van der Waals surface area contributed by atoms with Gasteiger partial charge in [-0.1, -0.05) is 0 Å². The van der Waals surface area contributed by atoms with Crippen LogP contribution in [0.2, 0.25) is 0 Å². The number of aromatic nitrogens is 2. The maximum absolute atomic E-state index is 13.5. The number of rotatable bonds is 2. The largest absolute Gasteiger partial charge is 0.478 e. The molecule has 0 unspecified atom stereocenters. The number of carboxylic acid groups (broad SMARTS) is 1. The first-order chi connectivity index (χ1) is 9.24. The molecule has 0 saturated carbocycles. The van der Waals surface area contributed by atoms with E-state index in [2.05, 4.69) is 15.3 Å². The summed E-state index contributed by atoms with van der Waals surface area (Å²) < 4.78 is 51.7. The number of hydrogen-bond acceptors (Lipinski definition) is 4. The van der Waals surface area contributed by atoms with Crippen LogP contribution in [0.4, 0.5) is 23.4 Å². The van der Waals surface area contributed by atoms with Crippen LogP contribution < -0.4 is 5.32 Å². The first-order valence-corrected chi connectivity index (χ1v) is 5.23. The second kappa shape index (κ2) is 4.58. The molecule has 0 aliphatic carbocycles. The molecule has 0 aliphatic heterocycles. The van der Waals surface area contributed by atoms with E-state index in [1.165, 1.54) is 7.05 Å². The number of carboxylic acids is 1. The number of alkyl halides is 3. The predicted molar refractivity (Wildman–Crippen MR) is 61.0 cm³/mol. The van der Waals surface area contributed by atoms with Gasteiger partial charge in [-0.25, -0.2) is 19.2 Å². The van der Waals surface area contributed by atoms with E-state index in [9.17, 15) is 22.4 Å². The molecule has 106 valence electrons. The third kappa shape index (κ3) is 2.33. The lowest BCUT2D eigenvalue weighted by molar-refractivity contribution is -0.141. The van der Waals surface area contributed by atoms with Gasteiger partial charge in [-0.05, 0) is 12.1 Å². The summed E-state index contributed by atoms with van der Waals surface area (Å²) in [7, 11) is 1.34.